The Hall–Kier alpha value is -2.40. The Balaban J connectivity index is 1.51. The fourth-order valence-electron chi connectivity index (χ4n) is 6.90. The summed E-state index contributed by atoms with van der Waals surface area (Å²) in [4.78, 5) is 40.1. The number of amides is 3. The van der Waals surface area contributed by atoms with Crippen LogP contribution in [0.25, 0.3) is 0 Å². The zero-order chi connectivity index (χ0) is 28.8. The summed E-state index contributed by atoms with van der Waals surface area (Å²) < 4.78 is 65.6. The fourth-order valence-corrected chi connectivity index (χ4v) is 7.66. The number of nitriles is 1. The van der Waals surface area contributed by atoms with E-state index in [-0.39, 0.29) is 48.5 Å². The molecule has 2 aliphatic carbocycles. The number of hydrogen-bond donors (Lipinski definition) is 3. The van der Waals surface area contributed by atoms with Crippen LogP contribution in [0.1, 0.15) is 65.2 Å². The summed E-state index contributed by atoms with van der Waals surface area (Å²) in [7, 11) is -5.77. The van der Waals surface area contributed by atoms with Gasteiger partial charge in [0.15, 0.2) is 0 Å². The zero-order valence-electron chi connectivity index (χ0n) is 22.1. The molecule has 0 aromatic rings. The second-order valence-corrected chi connectivity index (χ2v) is 13.6. The Morgan fingerprint density at radius 1 is 1.21 bits per heavy atom. The summed E-state index contributed by atoms with van der Waals surface area (Å²) in [6.45, 7) is 4.72. The Kier molecular flexibility index (Phi) is 8.25. The van der Waals surface area contributed by atoms with Crippen LogP contribution in [0.15, 0.2) is 0 Å². The van der Waals surface area contributed by atoms with Gasteiger partial charge in [0.05, 0.1) is 6.07 Å². The number of fused-ring (bicyclic) bond motifs is 1. The molecule has 4 fully saturated rings. The number of sulfonamides is 1. The quantitative estimate of drug-likeness (QED) is 0.382. The standard InChI is InChI=1S/C25H36F3N5O5S/c1-24(2)17-13-33(23(36)21(14-6-4-3-5-7-14)32-39(37,38)25(26,27)28)18(20(17)24)11-19(34)31-16(12-29)10-15-8-9-30-22(15)35/h14-18,20-21,32H,3-11,13H2,1-2H3,(H,30,35)(H,31,34)/t15-,16-,17-,18+,20-,21-/m0/s1. The lowest BCUT2D eigenvalue weighted by Gasteiger charge is -2.37. The van der Waals surface area contributed by atoms with Gasteiger partial charge in [-0.15, -0.1) is 0 Å². The predicted molar refractivity (Wildman–Crippen MR) is 133 cm³/mol. The molecular formula is C25H36F3N5O5S. The van der Waals surface area contributed by atoms with E-state index in [9.17, 15) is 41.2 Å². The van der Waals surface area contributed by atoms with Crippen molar-refractivity contribution >= 4 is 27.7 Å². The maximum Gasteiger partial charge on any atom is 0.511 e. The second kappa shape index (κ2) is 10.9. The molecule has 14 heteroatoms. The molecule has 0 bridgehead atoms. The molecule has 3 N–H and O–H groups in total. The summed E-state index contributed by atoms with van der Waals surface area (Å²) >= 11 is 0. The average molecular weight is 576 g/mol. The first kappa shape index (κ1) is 29.6. The van der Waals surface area contributed by atoms with Crippen molar-refractivity contribution in [2.24, 2.45) is 29.1 Å². The van der Waals surface area contributed by atoms with E-state index in [1.165, 1.54) is 4.90 Å². The highest BCUT2D eigenvalue weighted by Crippen LogP contribution is 2.65. The molecule has 2 aliphatic heterocycles. The van der Waals surface area contributed by atoms with Crippen molar-refractivity contribution in [3.63, 3.8) is 0 Å². The lowest BCUT2D eigenvalue weighted by atomic mass is 9.83. The Labute approximate surface area is 226 Å². The summed E-state index contributed by atoms with van der Waals surface area (Å²) in [5.74, 6) is -2.44. The molecule has 0 unspecified atom stereocenters. The molecule has 0 aromatic heterocycles. The van der Waals surface area contributed by atoms with Gasteiger partial charge in [-0.05, 0) is 48.9 Å². The van der Waals surface area contributed by atoms with Crippen LogP contribution in [0.4, 0.5) is 13.2 Å². The first-order chi connectivity index (χ1) is 18.2. The molecular weight excluding hydrogens is 539 g/mol. The van der Waals surface area contributed by atoms with Gasteiger partial charge in [-0.2, -0.15) is 23.2 Å². The van der Waals surface area contributed by atoms with Crippen LogP contribution >= 0.6 is 0 Å². The largest absolute Gasteiger partial charge is 0.511 e. The monoisotopic (exact) mass is 575 g/mol. The average Bonchev–Trinajstić information content (AvgIpc) is 3.16. The summed E-state index contributed by atoms with van der Waals surface area (Å²) in [5.41, 5.74) is -5.75. The summed E-state index contributed by atoms with van der Waals surface area (Å²) in [5, 5.41) is 14.9. The number of carbonyl (C=O) groups excluding carboxylic acids is 3. The second-order valence-electron chi connectivity index (χ2n) is 11.9. The Morgan fingerprint density at radius 3 is 2.44 bits per heavy atom. The van der Waals surface area contributed by atoms with Gasteiger partial charge in [-0.3, -0.25) is 14.4 Å². The van der Waals surface area contributed by atoms with Gasteiger partial charge in [0.25, 0.3) is 0 Å². The van der Waals surface area contributed by atoms with Crippen molar-refractivity contribution < 1.29 is 36.0 Å². The van der Waals surface area contributed by atoms with E-state index in [1.54, 1.807) is 4.72 Å². The first-order valence-corrected chi connectivity index (χ1v) is 15.0. The van der Waals surface area contributed by atoms with Gasteiger partial charge in [0.2, 0.25) is 17.7 Å². The molecule has 2 saturated carbocycles. The SMILES string of the molecule is CC1(C)[C@@H]2[C@@H](CC(=O)N[C@H](C#N)C[C@@H]3CCNC3=O)N(C(=O)[C@@H](NS(=O)(=O)C(F)(F)F)C3CCCCC3)C[C@@H]21. The maximum absolute atomic E-state index is 13.8. The molecule has 3 amide bonds. The molecule has 4 aliphatic rings. The number of likely N-dealkylation sites (tertiary alicyclic amines) is 1. The minimum atomic E-state index is -5.77. The third kappa shape index (κ3) is 6.04. The number of nitrogens with zero attached hydrogens (tertiary/aromatic N) is 2. The van der Waals surface area contributed by atoms with Gasteiger partial charge in [0, 0.05) is 31.5 Å². The van der Waals surface area contributed by atoms with Crippen LogP contribution in [0.2, 0.25) is 0 Å². The van der Waals surface area contributed by atoms with E-state index < -0.39 is 51.4 Å². The van der Waals surface area contributed by atoms with Gasteiger partial charge in [-0.25, -0.2) is 8.42 Å². The summed E-state index contributed by atoms with van der Waals surface area (Å²) in [6, 6.07) is -1.12. The Bertz CT molecular complexity index is 1130. The van der Waals surface area contributed by atoms with Crippen molar-refractivity contribution in [1.82, 2.24) is 20.3 Å². The number of rotatable bonds is 9. The van der Waals surface area contributed by atoms with Gasteiger partial charge < -0.3 is 15.5 Å². The highest BCUT2D eigenvalue weighted by molar-refractivity contribution is 7.90. The molecule has 0 aromatic carbocycles. The van der Waals surface area contributed by atoms with E-state index in [2.05, 4.69) is 10.6 Å². The molecule has 2 heterocycles. The number of alkyl halides is 3. The fraction of sp³-hybridized carbons (Fsp3) is 0.840. The van der Waals surface area contributed by atoms with Gasteiger partial charge in [-0.1, -0.05) is 33.1 Å². The molecule has 6 atom stereocenters. The van der Waals surface area contributed by atoms with Crippen LogP contribution in [-0.4, -0.2) is 67.8 Å². The van der Waals surface area contributed by atoms with Crippen molar-refractivity contribution in [2.45, 2.75) is 88.8 Å². The van der Waals surface area contributed by atoms with E-state index in [1.807, 2.05) is 19.9 Å². The van der Waals surface area contributed by atoms with E-state index in [0.717, 1.165) is 6.42 Å². The molecule has 0 spiro atoms. The highest BCUT2D eigenvalue weighted by atomic mass is 32.2. The van der Waals surface area contributed by atoms with Crippen molar-refractivity contribution in [3.05, 3.63) is 0 Å². The number of carbonyl (C=O) groups is 3. The van der Waals surface area contributed by atoms with Gasteiger partial charge in [0.1, 0.15) is 12.1 Å². The maximum atomic E-state index is 13.8. The minimum absolute atomic E-state index is 0.0272. The molecule has 2 saturated heterocycles. The third-order valence-corrected chi connectivity index (χ3v) is 10.3. The Morgan fingerprint density at radius 2 is 1.87 bits per heavy atom. The van der Waals surface area contributed by atoms with E-state index in [0.29, 0.717) is 38.6 Å². The van der Waals surface area contributed by atoms with Crippen LogP contribution < -0.4 is 15.4 Å². The molecule has 0 radical (unpaired) electrons. The van der Waals surface area contributed by atoms with Gasteiger partial charge >= 0.3 is 15.5 Å². The molecule has 4 rings (SSSR count). The smallest absolute Gasteiger partial charge is 0.356 e. The lowest BCUT2D eigenvalue weighted by molar-refractivity contribution is -0.138. The van der Waals surface area contributed by atoms with Crippen molar-refractivity contribution in [2.75, 3.05) is 13.1 Å². The third-order valence-electron chi connectivity index (χ3n) is 9.17. The molecule has 218 valence electrons. The van der Waals surface area contributed by atoms with Crippen LogP contribution in [-0.2, 0) is 24.4 Å². The molecule has 39 heavy (non-hydrogen) atoms. The number of nitrogens with one attached hydrogen (secondary N) is 3. The van der Waals surface area contributed by atoms with Crippen LogP contribution in [0, 0.1) is 40.4 Å². The van der Waals surface area contributed by atoms with E-state index in [4.69, 9.17) is 0 Å². The lowest BCUT2D eigenvalue weighted by Crippen LogP contribution is -2.57. The van der Waals surface area contributed by atoms with Crippen LogP contribution in [0.3, 0.4) is 0 Å². The molecule has 10 nitrogen and oxygen atoms in total. The highest BCUT2D eigenvalue weighted by Gasteiger charge is 2.68. The van der Waals surface area contributed by atoms with E-state index >= 15 is 0 Å². The summed E-state index contributed by atoms with van der Waals surface area (Å²) in [6.07, 6.45) is 3.61. The first-order valence-electron chi connectivity index (χ1n) is 13.5. The van der Waals surface area contributed by atoms with Crippen molar-refractivity contribution in [1.29, 1.82) is 5.26 Å². The number of piperidine rings is 1. The number of halogens is 3. The van der Waals surface area contributed by atoms with Crippen LogP contribution in [0.5, 0.6) is 0 Å². The normalized spacial score (nSPS) is 30.2. The van der Waals surface area contributed by atoms with Crippen molar-refractivity contribution in [3.8, 4) is 6.07 Å². The number of hydrogen-bond acceptors (Lipinski definition) is 6. The zero-order valence-corrected chi connectivity index (χ0v) is 22.9. The predicted octanol–water partition coefficient (Wildman–Crippen LogP) is 1.78. The minimum Gasteiger partial charge on any atom is -0.356 e. The topological polar surface area (TPSA) is 148 Å².